The van der Waals surface area contributed by atoms with Crippen molar-refractivity contribution in [2.45, 2.75) is 105 Å². The first-order valence-electron chi connectivity index (χ1n) is 47.3. The second-order valence-corrected chi connectivity index (χ2v) is 41.0. The normalized spacial score (nSPS) is 12.5. The van der Waals surface area contributed by atoms with Crippen LogP contribution in [0.15, 0.2) is 376 Å². The molecular formula is C126H98N10. The van der Waals surface area contributed by atoms with Crippen molar-refractivity contribution >= 4 is 174 Å². The summed E-state index contributed by atoms with van der Waals surface area (Å²) < 4.78 is 19.1. The molecule has 0 aliphatic rings. The molecule has 26 aromatic rings. The second kappa shape index (κ2) is 29.9. The summed E-state index contributed by atoms with van der Waals surface area (Å²) in [5, 5.41) is 41.7. The van der Waals surface area contributed by atoms with Crippen molar-refractivity contribution < 1.29 is 0 Å². The van der Waals surface area contributed by atoms with Crippen LogP contribution >= 0.6 is 0 Å². The van der Waals surface area contributed by atoms with Crippen LogP contribution in [-0.4, -0.2) is 36.5 Å². The third-order valence-corrected chi connectivity index (χ3v) is 29.0. The van der Waals surface area contributed by atoms with E-state index < -0.39 is 0 Å². The van der Waals surface area contributed by atoms with Crippen LogP contribution < -0.4 is 0 Å². The number of nitrogens with zero attached hydrogens (tertiary/aromatic N) is 10. The first-order chi connectivity index (χ1) is 66.0. The first kappa shape index (κ1) is 81.3. The van der Waals surface area contributed by atoms with E-state index in [2.05, 4.69) is 508 Å². The Hall–Kier alpha value is -16.7. The highest BCUT2D eigenvalue weighted by Gasteiger charge is 2.32. The number of hydrogen-bond donors (Lipinski definition) is 0. The summed E-state index contributed by atoms with van der Waals surface area (Å²) >= 11 is 0. The van der Waals surface area contributed by atoms with E-state index in [1.807, 2.05) is 0 Å². The zero-order valence-corrected chi connectivity index (χ0v) is 78.3. The first-order valence-corrected chi connectivity index (χ1v) is 47.3. The predicted octanol–water partition coefficient (Wildman–Crippen LogP) is 33.1. The molecule has 0 atom stereocenters. The van der Waals surface area contributed by atoms with Gasteiger partial charge in [-0.3, -0.25) is 0 Å². The minimum absolute atomic E-state index is 0.0118. The Bertz CT molecular complexity index is 9500. The molecule has 136 heavy (non-hydrogen) atoms. The minimum Gasteiger partial charge on any atom is -0.309 e. The van der Waals surface area contributed by atoms with E-state index in [0.717, 1.165) is 122 Å². The third-order valence-electron chi connectivity index (χ3n) is 29.0. The molecule has 0 radical (unpaired) electrons. The number of hydrogen-bond acceptors (Lipinski definition) is 2. The molecule has 0 unspecified atom stereocenters. The van der Waals surface area contributed by atoms with Crippen LogP contribution in [-0.2, 0) is 21.7 Å². The smallest absolute Gasteiger partial charge is 0.104 e. The fourth-order valence-corrected chi connectivity index (χ4v) is 22.5. The van der Waals surface area contributed by atoms with Gasteiger partial charge in [-0.1, -0.05) is 283 Å². The summed E-state index contributed by atoms with van der Waals surface area (Å²) in [6.45, 7) is 27.3. The molecule has 0 bridgehead atoms. The second-order valence-electron chi connectivity index (χ2n) is 41.0. The van der Waals surface area contributed by atoms with Crippen molar-refractivity contribution in [3.05, 3.63) is 409 Å². The molecule has 0 N–H and O–H groups in total. The summed E-state index contributed by atoms with van der Waals surface area (Å²) in [5.74, 6) is 0. The van der Waals surface area contributed by atoms with Gasteiger partial charge in [-0.2, -0.15) is 10.5 Å². The molecular weight excluding hydrogens is 1650 g/mol. The molecule has 10 heteroatoms. The van der Waals surface area contributed by atoms with Gasteiger partial charge >= 0.3 is 0 Å². The number of para-hydroxylation sites is 8. The minimum atomic E-state index is -0.0246. The van der Waals surface area contributed by atoms with Gasteiger partial charge in [0.1, 0.15) is 17.7 Å². The maximum Gasteiger partial charge on any atom is 0.104 e. The third kappa shape index (κ3) is 12.1. The largest absolute Gasteiger partial charge is 0.309 e. The van der Waals surface area contributed by atoms with Crippen LogP contribution in [0.4, 0.5) is 0 Å². The predicted molar refractivity (Wildman–Crippen MR) is 572 cm³/mol. The Morgan fingerprint density at radius 1 is 0.176 bits per heavy atom. The van der Waals surface area contributed by atoms with E-state index in [9.17, 15) is 10.5 Å². The van der Waals surface area contributed by atoms with Gasteiger partial charge in [0.2, 0.25) is 0 Å². The molecule has 8 heterocycles. The Labute approximate surface area is 788 Å². The Morgan fingerprint density at radius 2 is 0.426 bits per heavy atom. The lowest BCUT2D eigenvalue weighted by Gasteiger charge is -2.19. The van der Waals surface area contributed by atoms with Crippen molar-refractivity contribution in [2.75, 3.05) is 0 Å². The van der Waals surface area contributed by atoms with Crippen LogP contribution in [0.3, 0.4) is 0 Å². The summed E-state index contributed by atoms with van der Waals surface area (Å²) in [7, 11) is 0. The van der Waals surface area contributed by atoms with Gasteiger partial charge < -0.3 is 36.5 Å². The van der Waals surface area contributed by atoms with Gasteiger partial charge in [-0.25, -0.2) is 0 Å². The maximum atomic E-state index is 11.5. The maximum absolute atomic E-state index is 11.5. The Kier molecular flexibility index (Phi) is 17.9. The van der Waals surface area contributed by atoms with Gasteiger partial charge in [0, 0.05) is 115 Å². The SMILES string of the molecule is CC(C)(C)c1ccc2c(c1)c1cc(C(C)(C)C)ccc1n2-c1ccc(-n2c3ccccc3c3c2ccc2c4ccc5c(c6ccccc6n5-c5ccccc5)c4n(-c4ccccc4)c23)cc1C#N.CC(C)(C)c1ccc2c(c1)c1cc(C(C)(C)C)ccc1n2-c1cccc(-n2c3ccccc3c3c2ccc2c4ccc5c(c6ccccc6n5-c5ccccc5)c4n(-c4ccccc4)c23)c1C#N. The monoisotopic (exact) mass is 1750 g/mol. The molecule has 0 spiro atoms. The Balaban J connectivity index is 0.000000145. The van der Waals surface area contributed by atoms with Gasteiger partial charge in [0.25, 0.3) is 0 Å². The Morgan fingerprint density at radius 3 is 0.728 bits per heavy atom. The van der Waals surface area contributed by atoms with Crippen LogP contribution in [0.1, 0.15) is 116 Å². The molecule has 18 aromatic carbocycles. The van der Waals surface area contributed by atoms with Crippen LogP contribution in [0, 0.1) is 22.7 Å². The number of aromatic nitrogens is 8. The van der Waals surface area contributed by atoms with E-state index >= 15 is 0 Å². The lowest BCUT2D eigenvalue weighted by atomic mass is 9.85. The van der Waals surface area contributed by atoms with Crippen molar-refractivity contribution in [2.24, 2.45) is 0 Å². The molecule has 0 fully saturated rings. The average Bonchev–Trinajstić information content (AvgIpc) is 1.52. The van der Waals surface area contributed by atoms with Gasteiger partial charge in [-0.15, -0.1) is 0 Å². The van der Waals surface area contributed by atoms with Crippen LogP contribution in [0.25, 0.3) is 220 Å². The average molecular weight is 1750 g/mol. The highest BCUT2D eigenvalue weighted by Crippen LogP contribution is 2.52. The van der Waals surface area contributed by atoms with Crippen LogP contribution in [0.2, 0.25) is 0 Å². The van der Waals surface area contributed by atoms with Crippen molar-refractivity contribution in [1.29, 1.82) is 10.5 Å². The van der Waals surface area contributed by atoms with E-state index in [-0.39, 0.29) is 21.7 Å². The fourth-order valence-electron chi connectivity index (χ4n) is 22.5. The summed E-state index contributed by atoms with van der Waals surface area (Å²) in [6.07, 6.45) is 0. The van der Waals surface area contributed by atoms with E-state index in [4.69, 9.17) is 0 Å². The zero-order chi connectivity index (χ0) is 92.4. The highest BCUT2D eigenvalue weighted by atomic mass is 15.1. The number of fused-ring (bicyclic) bond motifs is 28. The standard InChI is InChI=1S/2C63H49N5/c1-62(2,3)39-28-32-54-47(36-39)48-37-40(63(4,5)6)29-33-55(48)67(54)52-26-17-27-53(49(52)38-64)68-51-25-16-14-23-46(51)59-57(68)35-31-44-43-30-34-56-58(60(43)66(61(44)59)42-20-11-8-12-21-42)45-22-13-15-24-50(45)65(56)41-18-9-7-10-19-41;1-62(2,3)40-25-30-54-49(36-40)50-37-41(63(4,5)6)26-31-55(50)68(54)51-32-27-44(35-39(51)38-64)66-53-24-16-14-22-48(53)59-57(66)34-29-46-45-28-33-56-58(60(45)67(61(46)59)43-19-11-8-12-20-43)47-21-13-15-23-52(47)65(56)42-17-9-7-10-18-42/h2*7-37H,1-6H3. The summed E-state index contributed by atoms with van der Waals surface area (Å²) in [4.78, 5) is 0. The number of nitriles is 2. The molecule has 10 nitrogen and oxygen atoms in total. The van der Waals surface area contributed by atoms with Crippen molar-refractivity contribution in [3.63, 3.8) is 0 Å². The lowest BCUT2D eigenvalue weighted by Crippen LogP contribution is -2.10. The van der Waals surface area contributed by atoms with Gasteiger partial charge in [-0.05, 0) is 220 Å². The summed E-state index contributed by atoms with van der Waals surface area (Å²) in [6, 6.07) is 142. The fraction of sp³-hybridized carbons (Fsp3) is 0.127. The molecule has 26 rings (SSSR count). The van der Waals surface area contributed by atoms with Gasteiger partial charge in [0.05, 0.1) is 111 Å². The van der Waals surface area contributed by atoms with Crippen molar-refractivity contribution in [1.82, 2.24) is 36.5 Å². The zero-order valence-electron chi connectivity index (χ0n) is 78.3. The highest BCUT2D eigenvalue weighted by molar-refractivity contribution is 6.34. The van der Waals surface area contributed by atoms with Crippen molar-refractivity contribution in [3.8, 4) is 57.6 Å². The van der Waals surface area contributed by atoms with E-state index in [1.165, 1.54) is 120 Å². The van der Waals surface area contributed by atoms with Gasteiger partial charge in [0.15, 0.2) is 0 Å². The number of rotatable bonds is 8. The molecule has 8 aromatic heterocycles. The summed E-state index contributed by atoms with van der Waals surface area (Å²) in [5.41, 5.74) is 32.2. The van der Waals surface area contributed by atoms with Crippen LogP contribution in [0.5, 0.6) is 0 Å². The molecule has 0 amide bonds. The molecule has 652 valence electrons. The molecule has 0 aliphatic carbocycles. The number of benzene rings is 18. The molecule has 0 saturated heterocycles. The quantitative estimate of drug-likeness (QED) is 0.152. The molecule has 0 aliphatic heterocycles. The topological polar surface area (TPSA) is 87.0 Å². The molecule has 0 saturated carbocycles. The van der Waals surface area contributed by atoms with E-state index in [0.29, 0.717) is 11.1 Å². The lowest BCUT2D eigenvalue weighted by molar-refractivity contribution is 0.590. The van der Waals surface area contributed by atoms with E-state index in [1.54, 1.807) is 0 Å².